The Bertz CT molecular complexity index is 622. The van der Waals surface area contributed by atoms with Gasteiger partial charge in [-0.1, -0.05) is 15.9 Å². The van der Waals surface area contributed by atoms with Crippen LogP contribution in [0.1, 0.15) is 28.3 Å². The van der Waals surface area contributed by atoms with Crippen molar-refractivity contribution in [1.29, 1.82) is 0 Å². The molecule has 1 aromatic heterocycles. The highest BCUT2D eigenvalue weighted by molar-refractivity contribution is 9.10. The van der Waals surface area contributed by atoms with Crippen molar-refractivity contribution in [2.24, 2.45) is 0 Å². The molecule has 0 spiro atoms. The van der Waals surface area contributed by atoms with Crippen LogP contribution in [0.5, 0.6) is 0 Å². The number of thiophene rings is 1. The molecular formula is C16H19BrN2OS. The molecule has 2 N–H and O–H groups in total. The predicted molar refractivity (Wildman–Crippen MR) is 93.0 cm³/mol. The van der Waals surface area contributed by atoms with E-state index < -0.39 is 0 Å². The second kappa shape index (κ2) is 7.20. The third-order valence-electron chi connectivity index (χ3n) is 3.24. The van der Waals surface area contributed by atoms with E-state index >= 15 is 0 Å². The van der Waals surface area contributed by atoms with Crippen LogP contribution in [0.2, 0.25) is 0 Å². The second-order valence-electron chi connectivity index (χ2n) is 5.03. The molecule has 3 nitrogen and oxygen atoms in total. The van der Waals surface area contributed by atoms with Gasteiger partial charge < -0.3 is 10.6 Å². The van der Waals surface area contributed by atoms with E-state index in [0.29, 0.717) is 6.54 Å². The lowest BCUT2D eigenvalue weighted by molar-refractivity contribution is -0.115. The van der Waals surface area contributed by atoms with E-state index in [4.69, 9.17) is 0 Å². The number of benzene rings is 1. The molecule has 1 aromatic carbocycles. The molecule has 1 heterocycles. The topological polar surface area (TPSA) is 41.1 Å². The Hall–Kier alpha value is -1.17. The Labute approximate surface area is 137 Å². The third kappa shape index (κ3) is 4.66. The smallest absolute Gasteiger partial charge is 0.238 e. The summed E-state index contributed by atoms with van der Waals surface area (Å²) in [6, 6.07) is 9.91. The molecule has 1 atom stereocenters. The summed E-state index contributed by atoms with van der Waals surface area (Å²) in [5.74, 6) is -0.0335. The van der Waals surface area contributed by atoms with E-state index in [1.807, 2.05) is 24.3 Å². The largest absolute Gasteiger partial charge is 0.325 e. The number of rotatable bonds is 5. The molecule has 5 heteroatoms. The normalized spacial score (nSPS) is 12.2. The van der Waals surface area contributed by atoms with Crippen LogP contribution in [0.25, 0.3) is 0 Å². The van der Waals surface area contributed by atoms with Gasteiger partial charge in [0, 0.05) is 26.0 Å². The Morgan fingerprint density at radius 1 is 1.29 bits per heavy atom. The van der Waals surface area contributed by atoms with Crippen molar-refractivity contribution in [3.05, 3.63) is 50.1 Å². The molecule has 0 aliphatic carbocycles. The van der Waals surface area contributed by atoms with Crippen LogP contribution in [-0.2, 0) is 4.79 Å². The van der Waals surface area contributed by atoms with Crippen molar-refractivity contribution in [2.75, 3.05) is 11.9 Å². The molecule has 0 fully saturated rings. The van der Waals surface area contributed by atoms with E-state index in [1.54, 1.807) is 11.3 Å². The quantitative estimate of drug-likeness (QED) is 0.822. The fraction of sp³-hybridized carbons (Fsp3) is 0.312. The zero-order valence-electron chi connectivity index (χ0n) is 12.4. The van der Waals surface area contributed by atoms with Gasteiger partial charge in [-0.2, -0.15) is 0 Å². The van der Waals surface area contributed by atoms with Crippen molar-refractivity contribution in [2.45, 2.75) is 26.8 Å². The highest BCUT2D eigenvalue weighted by Gasteiger charge is 2.12. The van der Waals surface area contributed by atoms with Crippen molar-refractivity contribution in [1.82, 2.24) is 5.32 Å². The van der Waals surface area contributed by atoms with Gasteiger partial charge >= 0.3 is 0 Å². The first-order valence-corrected chi connectivity index (χ1v) is 8.42. The van der Waals surface area contributed by atoms with Gasteiger partial charge in [0.15, 0.2) is 0 Å². The Kier molecular flexibility index (Phi) is 5.56. The average molecular weight is 367 g/mol. The lowest BCUT2D eigenvalue weighted by Gasteiger charge is -2.14. The molecule has 0 radical (unpaired) electrons. The van der Waals surface area contributed by atoms with Crippen LogP contribution in [0.3, 0.4) is 0 Å². The second-order valence-corrected chi connectivity index (χ2v) is 7.40. The van der Waals surface area contributed by atoms with Crippen molar-refractivity contribution in [3.8, 4) is 0 Å². The number of carbonyl (C=O) groups excluding carboxylic acids is 1. The number of hydrogen-bond acceptors (Lipinski definition) is 3. The molecule has 0 aliphatic rings. The van der Waals surface area contributed by atoms with Crippen LogP contribution in [0.4, 0.5) is 5.69 Å². The van der Waals surface area contributed by atoms with E-state index in [1.165, 1.54) is 15.3 Å². The van der Waals surface area contributed by atoms with Gasteiger partial charge in [-0.25, -0.2) is 0 Å². The SMILES string of the molecule is Cc1cc(C(C)NCC(=O)Nc2ccc(Br)cc2)c(C)s1. The molecule has 0 saturated carbocycles. The van der Waals surface area contributed by atoms with Crippen LogP contribution in [-0.4, -0.2) is 12.5 Å². The molecule has 21 heavy (non-hydrogen) atoms. The maximum absolute atomic E-state index is 11.9. The van der Waals surface area contributed by atoms with Crippen LogP contribution in [0.15, 0.2) is 34.8 Å². The summed E-state index contributed by atoms with van der Waals surface area (Å²) in [5.41, 5.74) is 2.08. The number of carbonyl (C=O) groups is 1. The van der Waals surface area contributed by atoms with Crippen molar-refractivity contribution >= 4 is 38.9 Å². The maximum atomic E-state index is 11.9. The molecule has 0 bridgehead atoms. The van der Waals surface area contributed by atoms with Gasteiger partial charge in [-0.05, 0) is 56.7 Å². The van der Waals surface area contributed by atoms with Gasteiger partial charge in [0.2, 0.25) is 5.91 Å². The Balaban J connectivity index is 1.86. The van der Waals surface area contributed by atoms with E-state index in [-0.39, 0.29) is 11.9 Å². The van der Waals surface area contributed by atoms with E-state index in [2.05, 4.69) is 53.4 Å². The summed E-state index contributed by atoms with van der Waals surface area (Å²) in [6.45, 7) is 6.61. The summed E-state index contributed by atoms with van der Waals surface area (Å²) in [5, 5.41) is 6.15. The standard InChI is InChI=1S/C16H19BrN2OS/c1-10-8-15(12(3)21-10)11(2)18-9-16(20)19-14-6-4-13(17)5-7-14/h4-8,11,18H,9H2,1-3H3,(H,19,20). The summed E-state index contributed by atoms with van der Waals surface area (Å²) in [6.07, 6.45) is 0. The fourth-order valence-electron chi connectivity index (χ4n) is 2.17. The molecular weight excluding hydrogens is 348 g/mol. The number of hydrogen-bond donors (Lipinski definition) is 2. The van der Waals surface area contributed by atoms with Crippen LogP contribution < -0.4 is 10.6 Å². The highest BCUT2D eigenvalue weighted by Crippen LogP contribution is 2.25. The summed E-state index contributed by atoms with van der Waals surface area (Å²) >= 11 is 5.16. The molecule has 1 unspecified atom stereocenters. The van der Waals surface area contributed by atoms with Gasteiger partial charge in [-0.3, -0.25) is 4.79 Å². The lowest BCUT2D eigenvalue weighted by Crippen LogP contribution is -2.30. The monoisotopic (exact) mass is 366 g/mol. The Morgan fingerprint density at radius 2 is 1.95 bits per heavy atom. The molecule has 2 rings (SSSR count). The molecule has 112 valence electrons. The summed E-state index contributed by atoms with van der Waals surface area (Å²) < 4.78 is 0.996. The number of amides is 1. The Morgan fingerprint density at radius 3 is 2.52 bits per heavy atom. The zero-order chi connectivity index (χ0) is 15.4. The lowest BCUT2D eigenvalue weighted by atomic mass is 10.1. The maximum Gasteiger partial charge on any atom is 0.238 e. The number of halogens is 1. The van der Waals surface area contributed by atoms with Crippen molar-refractivity contribution < 1.29 is 4.79 Å². The van der Waals surface area contributed by atoms with Gasteiger partial charge in [0.25, 0.3) is 0 Å². The molecule has 0 saturated heterocycles. The molecule has 0 aliphatic heterocycles. The first-order chi connectivity index (χ1) is 9.95. The van der Waals surface area contributed by atoms with Crippen LogP contribution >= 0.6 is 27.3 Å². The van der Waals surface area contributed by atoms with Gasteiger partial charge in [-0.15, -0.1) is 11.3 Å². The molecule has 2 aromatic rings. The first kappa shape index (κ1) is 16.2. The molecule has 1 amide bonds. The van der Waals surface area contributed by atoms with Gasteiger partial charge in [0.05, 0.1) is 6.54 Å². The number of aryl methyl sites for hydroxylation is 2. The third-order valence-corrected chi connectivity index (χ3v) is 4.75. The minimum absolute atomic E-state index is 0.0335. The predicted octanol–water partition coefficient (Wildman–Crippen LogP) is 4.42. The van der Waals surface area contributed by atoms with Gasteiger partial charge in [0.1, 0.15) is 0 Å². The van der Waals surface area contributed by atoms with Crippen molar-refractivity contribution in [3.63, 3.8) is 0 Å². The number of anilines is 1. The van der Waals surface area contributed by atoms with E-state index in [9.17, 15) is 4.79 Å². The van der Waals surface area contributed by atoms with E-state index in [0.717, 1.165) is 10.2 Å². The highest BCUT2D eigenvalue weighted by atomic mass is 79.9. The fourth-order valence-corrected chi connectivity index (χ4v) is 3.46. The average Bonchev–Trinajstić information content (AvgIpc) is 2.78. The summed E-state index contributed by atoms with van der Waals surface area (Å²) in [4.78, 5) is 14.5. The minimum atomic E-state index is -0.0335. The van der Waals surface area contributed by atoms with Crippen LogP contribution in [0, 0.1) is 13.8 Å². The first-order valence-electron chi connectivity index (χ1n) is 6.81. The minimum Gasteiger partial charge on any atom is -0.325 e. The zero-order valence-corrected chi connectivity index (χ0v) is 14.8. The summed E-state index contributed by atoms with van der Waals surface area (Å²) in [7, 11) is 0. The number of nitrogens with one attached hydrogen (secondary N) is 2.